The van der Waals surface area contributed by atoms with E-state index in [9.17, 15) is 15.0 Å². The molecule has 2 aromatic rings. The standard InChI is InChI=1S/C25H33NO4/c1-3-5-6-7-9-21(14-19(26)8-4-2)30-22-15-23(24(17-27)25(29)16-22)18-10-12-20(28)13-11-18/h10-13,15-17,21,26,28-29H,3-9,14H2,1-2H3. The SMILES string of the molecule is CCCCCCC(CC(=N)CCC)Oc1cc(O)c(C=O)c(-c2ccc(O)cc2)c1. The van der Waals surface area contributed by atoms with Crippen LogP contribution in [-0.4, -0.2) is 28.3 Å². The molecule has 0 aliphatic rings. The van der Waals surface area contributed by atoms with Crippen molar-refractivity contribution < 1.29 is 19.7 Å². The molecule has 0 radical (unpaired) electrons. The average Bonchev–Trinajstić information content (AvgIpc) is 2.71. The Morgan fingerprint density at radius 2 is 1.80 bits per heavy atom. The van der Waals surface area contributed by atoms with Gasteiger partial charge in [-0.15, -0.1) is 0 Å². The number of hydrogen-bond donors (Lipinski definition) is 3. The number of unbranched alkanes of at least 4 members (excludes halogenated alkanes) is 3. The van der Waals surface area contributed by atoms with Gasteiger partial charge in [0.15, 0.2) is 6.29 Å². The van der Waals surface area contributed by atoms with E-state index in [0.717, 1.165) is 38.5 Å². The molecule has 0 aromatic heterocycles. The number of phenols is 2. The van der Waals surface area contributed by atoms with Crippen LogP contribution < -0.4 is 4.74 Å². The zero-order chi connectivity index (χ0) is 21.9. The average molecular weight is 412 g/mol. The molecule has 5 nitrogen and oxygen atoms in total. The predicted octanol–water partition coefficient (Wildman–Crippen LogP) is 6.51. The van der Waals surface area contributed by atoms with Gasteiger partial charge in [0.05, 0.1) is 5.56 Å². The van der Waals surface area contributed by atoms with Gasteiger partial charge in [0.2, 0.25) is 0 Å². The highest BCUT2D eigenvalue weighted by molar-refractivity contribution is 5.91. The lowest BCUT2D eigenvalue weighted by Gasteiger charge is -2.21. The molecule has 0 fully saturated rings. The van der Waals surface area contributed by atoms with Gasteiger partial charge in [-0.3, -0.25) is 4.79 Å². The lowest BCUT2D eigenvalue weighted by Crippen LogP contribution is -2.20. The third-order valence-corrected chi connectivity index (χ3v) is 5.14. The Hall–Kier alpha value is -2.82. The van der Waals surface area contributed by atoms with Crippen molar-refractivity contribution in [2.45, 2.75) is 71.3 Å². The number of carbonyl (C=O) groups excluding carboxylic acids is 1. The number of nitrogens with one attached hydrogen (secondary N) is 1. The molecule has 0 bridgehead atoms. The Bertz CT molecular complexity index is 830. The van der Waals surface area contributed by atoms with Crippen LogP contribution in [0.3, 0.4) is 0 Å². The van der Waals surface area contributed by atoms with E-state index in [4.69, 9.17) is 10.1 Å². The van der Waals surface area contributed by atoms with Gasteiger partial charge >= 0.3 is 0 Å². The Labute approximate surface area is 179 Å². The first kappa shape index (κ1) is 23.5. The summed E-state index contributed by atoms with van der Waals surface area (Å²) in [6.45, 7) is 4.24. The van der Waals surface area contributed by atoms with Gasteiger partial charge in [-0.25, -0.2) is 0 Å². The summed E-state index contributed by atoms with van der Waals surface area (Å²) in [4.78, 5) is 11.6. The van der Waals surface area contributed by atoms with Crippen LogP contribution in [0.25, 0.3) is 11.1 Å². The van der Waals surface area contributed by atoms with E-state index in [-0.39, 0.29) is 23.2 Å². The zero-order valence-corrected chi connectivity index (χ0v) is 18.0. The molecule has 5 heteroatoms. The van der Waals surface area contributed by atoms with E-state index in [1.807, 2.05) is 0 Å². The fourth-order valence-electron chi connectivity index (χ4n) is 3.56. The molecular formula is C25H33NO4. The van der Waals surface area contributed by atoms with E-state index < -0.39 is 0 Å². The molecule has 0 amide bonds. The van der Waals surface area contributed by atoms with Crippen molar-refractivity contribution in [3.63, 3.8) is 0 Å². The molecule has 1 unspecified atom stereocenters. The largest absolute Gasteiger partial charge is 0.508 e. The maximum absolute atomic E-state index is 11.6. The van der Waals surface area contributed by atoms with Crippen molar-refractivity contribution in [2.24, 2.45) is 0 Å². The highest BCUT2D eigenvalue weighted by Crippen LogP contribution is 2.35. The summed E-state index contributed by atoms with van der Waals surface area (Å²) in [6, 6.07) is 9.68. The van der Waals surface area contributed by atoms with Crippen LogP contribution in [0.1, 0.15) is 75.6 Å². The first-order valence-electron chi connectivity index (χ1n) is 10.8. The lowest BCUT2D eigenvalue weighted by atomic mass is 9.98. The highest BCUT2D eigenvalue weighted by atomic mass is 16.5. The Kier molecular flexibility index (Phi) is 9.39. The molecule has 0 saturated carbocycles. The van der Waals surface area contributed by atoms with Gasteiger partial charge in [-0.05, 0) is 48.6 Å². The summed E-state index contributed by atoms with van der Waals surface area (Å²) < 4.78 is 6.21. The maximum Gasteiger partial charge on any atom is 0.154 e. The molecular weight excluding hydrogens is 378 g/mol. The molecule has 0 aliphatic heterocycles. The van der Waals surface area contributed by atoms with Gasteiger partial charge < -0.3 is 20.4 Å². The van der Waals surface area contributed by atoms with E-state index in [0.29, 0.717) is 35.3 Å². The molecule has 3 N–H and O–H groups in total. The Morgan fingerprint density at radius 3 is 2.43 bits per heavy atom. The molecule has 0 spiro atoms. The van der Waals surface area contributed by atoms with E-state index in [1.54, 1.807) is 18.2 Å². The van der Waals surface area contributed by atoms with Crippen molar-refractivity contribution >= 4 is 12.0 Å². The van der Waals surface area contributed by atoms with Crippen LogP contribution in [0, 0.1) is 5.41 Å². The number of rotatable bonds is 13. The van der Waals surface area contributed by atoms with Gasteiger partial charge in [-0.1, -0.05) is 51.7 Å². The molecule has 2 aromatic carbocycles. The topological polar surface area (TPSA) is 90.6 Å². The van der Waals surface area contributed by atoms with Gasteiger partial charge in [-0.2, -0.15) is 0 Å². The highest BCUT2D eigenvalue weighted by Gasteiger charge is 2.17. The summed E-state index contributed by atoms with van der Waals surface area (Å²) in [6.07, 6.45) is 8.07. The van der Waals surface area contributed by atoms with Crippen LogP contribution in [0.4, 0.5) is 0 Å². The minimum absolute atomic E-state index is 0.129. The first-order chi connectivity index (χ1) is 14.5. The fraction of sp³-hybridized carbons (Fsp3) is 0.440. The zero-order valence-electron chi connectivity index (χ0n) is 18.0. The molecule has 1 atom stereocenters. The van der Waals surface area contributed by atoms with Crippen molar-refractivity contribution in [1.82, 2.24) is 0 Å². The maximum atomic E-state index is 11.6. The normalized spacial score (nSPS) is 11.8. The summed E-state index contributed by atoms with van der Waals surface area (Å²) in [5.41, 5.74) is 2.11. The molecule has 0 saturated heterocycles. The van der Waals surface area contributed by atoms with Crippen LogP contribution in [-0.2, 0) is 0 Å². The quantitative estimate of drug-likeness (QED) is 0.199. The number of phenolic OH excluding ortho intramolecular Hbond substituents is 2. The second-order valence-corrected chi connectivity index (χ2v) is 7.72. The third kappa shape index (κ3) is 6.90. The number of ether oxygens (including phenoxy) is 1. The lowest BCUT2D eigenvalue weighted by molar-refractivity contribution is 0.112. The minimum Gasteiger partial charge on any atom is -0.508 e. The number of carbonyl (C=O) groups is 1. The first-order valence-corrected chi connectivity index (χ1v) is 10.8. The van der Waals surface area contributed by atoms with Gasteiger partial charge in [0, 0.05) is 18.2 Å². The molecule has 0 aliphatic carbocycles. The van der Waals surface area contributed by atoms with E-state index >= 15 is 0 Å². The van der Waals surface area contributed by atoms with Crippen molar-refractivity contribution in [2.75, 3.05) is 0 Å². The second-order valence-electron chi connectivity index (χ2n) is 7.72. The molecule has 30 heavy (non-hydrogen) atoms. The monoisotopic (exact) mass is 411 g/mol. The summed E-state index contributed by atoms with van der Waals surface area (Å²) in [7, 11) is 0. The number of aromatic hydroxyl groups is 2. The van der Waals surface area contributed by atoms with E-state index in [2.05, 4.69) is 13.8 Å². The van der Waals surface area contributed by atoms with Crippen LogP contribution in [0.5, 0.6) is 17.2 Å². The van der Waals surface area contributed by atoms with E-state index in [1.165, 1.54) is 24.6 Å². The predicted molar refractivity (Wildman–Crippen MR) is 121 cm³/mol. The third-order valence-electron chi connectivity index (χ3n) is 5.14. The fourth-order valence-corrected chi connectivity index (χ4v) is 3.56. The van der Waals surface area contributed by atoms with Crippen LogP contribution >= 0.6 is 0 Å². The second kappa shape index (κ2) is 12.0. The summed E-state index contributed by atoms with van der Waals surface area (Å²) >= 11 is 0. The number of aldehydes is 1. The molecule has 0 heterocycles. The van der Waals surface area contributed by atoms with Gasteiger partial charge in [0.1, 0.15) is 23.4 Å². The molecule has 162 valence electrons. The van der Waals surface area contributed by atoms with Crippen LogP contribution in [0.2, 0.25) is 0 Å². The van der Waals surface area contributed by atoms with Crippen molar-refractivity contribution in [3.05, 3.63) is 42.0 Å². The van der Waals surface area contributed by atoms with Crippen molar-refractivity contribution in [1.29, 1.82) is 5.41 Å². The molecule has 2 rings (SSSR count). The number of benzene rings is 2. The number of hydrogen-bond acceptors (Lipinski definition) is 5. The minimum atomic E-state index is -0.143. The smallest absolute Gasteiger partial charge is 0.154 e. The van der Waals surface area contributed by atoms with Gasteiger partial charge in [0.25, 0.3) is 0 Å². The Morgan fingerprint density at radius 1 is 1.07 bits per heavy atom. The summed E-state index contributed by atoms with van der Waals surface area (Å²) in [5.74, 6) is 0.467. The Balaban J connectivity index is 2.28. The van der Waals surface area contributed by atoms with Crippen LogP contribution in [0.15, 0.2) is 36.4 Å². The summed E-state index contributed by atoms with van der Waals surface area (Å²) in [5, 5.41) is 28.2. The van der Waals surface area contributed by atoms with Crippen molar-refractivity contribution in [3.8, 4) is 28.4 Å².